The Hall–Kier alpha value is -1.62. The summed E-state index contributed by atoms with van der Waals surface area (Å²) in [5.41, 5.74) is 0. The second kappa shape index (κ2) is 4.94. The van der Waals surface area contributed by atoms with E-state index in [-0.39, 0.29) is 11.9 Å². The van der Waals surface area contributed by atoms with Crippen molar-refractivity contribution in [3.8, 4) is 0 Å². The van der Waals surface area contributed by atoms with Gasteiger partial charge in [-0.25, -0.2) is 4.98 Å². The highest BCUT2D eigenvalue weighted by Gasteiger charge is 2.10. The van der Waals surface area contributed by atoms with E-state index in [9.17, 15) is 4.79 Å². The van der Waals surface area contributed by atoms with E-state index < -0.39 is 0 Å². The predicted molar refractivity (Wildman–Crippen MR) is 63.5 cm³/mol. The minimum atomic E-state index is -0.0115. The average Bonchev–Trinajstić information content (AvgIpc) is 2.88. The van der Waals surface area contributed by atoms with Gasteiger partial charge in [0, 0.05) is 25.0 Å². The molecule has 0 aromatic carbocycles. The summed E-state index contributed by atoms with van der Waals surface area (Å²) in [5.74, 6) is -0.0115. The SMILES string of the molecule is C[C@@H](Cn1ccnc1)NC(=O)c1cccs1. The quantitative estimate of drug-likeness (QED) is 0.877. The number of nitrogens with one attached hydrogen (secondary N) is 1. The first-order valence-corrected chi connectivity index (χ1v) is 5.94. The molecule has 0 saturated carbocycles. The lowest BCUT2D eigenvalue weighted by atomic mass is 10.3. The van der Waals surface area contributed by atoms with Crippen molar-refractivity contribution in [2.45, 2.75) is 19.5 Å². The van der Waals surface area contributed by atoms with Crippen molar-refractivity contribution >= 4 is 17.2 Å². The van der Waals surface area contributed by atoms with E-state index in [4.69, 9.17) is 0 Å². The van der Waals surface area contributed by atoms with E-state index in [0.29, 0.717) is 0 Å². The number of thiophene rings is 1. The number of carbonyl (C=O) groups excluding carboxylic acids is 1. The van der Waals surface area contributed by atoms with Crippen LogP contribution >= 0.6 is 11.3 Å². The zero-order valence-electron chi connectivity index (χ0n) is 8.96. The molecule has 84 valence electrons. The average molecular weight is 235 g/mol. The summed E-state index contributed by atoms with van der Waals surface area (Å²) >= 11 is 1.45. The second-order valence-corrected chi connectivity index (χ2v) is 4.56. The molecule has 0 bridgehead atoms. The third kappa shape index (κ3) is 2.70. The Labute approximate surface area is 97.9 Å². The third-order valence-electron chi connectivity index (χ3n) is 2.17. The fourth-order valence-corrected chi connectivity index (χ4v) is 2.09. The molecule has 0 unspecified atom stereocenters. The van der Waals surface area contributed by atoms with Crippen molar-refractivity contribution in [1.82, 2.24) is 14.9 Å². The summed E-state index contributed by atoms with van der Waals surface area (Å²) in [4.78, 5) is 16.4. The zero-order valence-corrected chi connectivity index (χ0v) is 9.78. The molecule has 0 aliphatic rings. The van der Waals surface area contributed by atoms with Crippen LogP contribution in [0.15, 0.2) is 36.2 Å². The molecular weight excluding hydrogens is 222 g/mol. The van der Waals surface area contributed by atoms with Gasteiger partial charge in [0.15, 0.2) is 0 Å². The van der Waals surface area contributed by atoms with Gasteiger partial charge in [0.2, 0.25) is 0 Å². The van der Waals surface area contributed by atoms with Crippen molar-refractivity contribution < 1.29 is 4.79 Å². The fourth-order valence-electron chi connectivity index (χ4n) is 1.46. The van der Waals surface area contributed by atoms with Crippen LogP contribution < -0.4 is 5.32 Å². The number of carbonyl (C=O) groups is 1. The van der Waals surface area contributed by atoms with Gasteiger partial charge in [-0.15, -0.1) is 11.3 Å². The van der Waals surface area contributed by atoms with Gasteiger partial charge in [-0.3, -0.25) is 4.79 Å². The van der Waals surface area contributed by atoms with Crippen LogP contribution in [0, 0.1) is 0 Å². The highest BCUT2D eigenvalue weighted by atomic mass is 32.1. The molecule has 0 saturated heterocycles. The molecule has 16 heavy (non-hydrogen) atoms. The van der Waals surface area contributed by atoms with Gasteiger partial charge < -0.3 is 9.88 Å². The molecule has 5 heteroatoms. The third-order valence-corrected chi connectivity index (χ3v) is 3.03. The van der Waals surface area contributed by atoms with Crippen molar-refractivity contribution in [3.63, 3.8) is 0 Å². The molecule has 1 atom stereocenters. The maximum Gasteiger partial charge on any atom is 0.261 e. The maximum absolute atomic E-state index is 11.7. The molecule has 0 radical (unpaired) electrons. The van der Waals surface area contributed by atoms with Crippen LogP contribution in [-0.4, -0.2) is 21.5 Å². The normalized spacial score (nSPS) is 12.3. The van der Waals surface area contributed by atoms with Gasteiger partial charge in [0.05, 0.1) is 11.2 Å². The molecule has 0 aliphatic heterocycles. The van der Waals surface area contributed by atoms with Gasteiger partial charge >= 0.3 is 0 Å². The van der Waals surface area contributed by atoms with Crippen LogP contribution in [0.2, 0.25) is 0 Å². The number of nitrogens with zero attached hydrogens (tertiary/aromatic N) is 2. The van der Waals surface area contributed by atoms with Crippen LogP contribution in [0.4, 0.5) is 0 Å². The number of hydrogen-bond acceptors (Lipinski definition) is 3. The number of amides is 1. The topological polar surface area (TPSA) is 46.9 Å². The first kappa shape index (κ1) is 10.9. The van der Waals surface area contributed by atoms with Crippen molar-refractivity contribution in [2.75, 3.05) is 0 Å². The summed E-state index contributed by atoms with van der Waals surface area (Å²) in [6.45, 7) is 2.71. The molecule has 2 heterocycles. The minimum Gasteiger partial charge on any atom is -0.347 e. The first-order valence-electron chi connectivity index (χ1n) is 5.06. The lowest BCUT2D eigenvalue weighted by Gasteiger charge is -2.13. The van der Waals surface area contributed by atoms with Gasteiger partial charge in [-0.1, -0.05) is 6.07 Å². The Morgan fingerprint density at radius 3 is 3.19 bits per heavy atom. The molecule has 2 aromatic rings. The van der Waals surface area contributed by atoms with Gasteiger partial charge in [-0.2, -0.15) is 0 Å². The van der Waals surface area contributed by atoms with Gasteiger partial charge in [0.1, 0.15) is 0 Å². The molecule has 4 nitrogen and oxygen atoms in total. The monoisotopic (exact) mass is 235 g/mol. The summed E-state index contributed by atoms with van der Waals surface area (Å²) < 4.78 is 1.94. The Bertz CT molecular complexity index is 436. The molecular formula is C11H13N3OS. The van der Waals surface area contributed by atoms with Crippen molar-refractivity contribution in [2.24, 2.45) is 0 Å². The van der Waals surface area contributed by atoms with Gasteiger partial charge in [0.25, 0.3) is 5.91 Å². The Kier molecular flexibility index (Phi) is 3.36. The van der Waals surface area contributed by atoms with Crippen molar-refractivity contribution in [3.05, 3.63) is 41.1 Å². The van der Waals surface area contributed by atoms with E-state index in [1.165, 1.54) is 11.3 Å². The highest BCUT2D eigenvalue weighted by Crippen LogP contribution is 2.08. The molecule has 2 rings (SSSR count). The second-order valence-electron chi connectivity index (χ2n) is 3.61. The Morgan fingerprint density at radius 2 is 2.56 bits per heavy atom. The number of aromatic nitrogens is 2. The fraction of sp³-hybridized carbons (Fsp3) is 0.273. The van der Waals surface area contributed by atoms with E-state index >= 15 is 0 Å². The molecule has 1 N–H and O–H groups in total. The maximum atomic E-state index is 11.7. The lowest BCUT2D eigenvalue weighted by Crippen LogP contribution is -2.35. The number of hydrogen-bond donors (Lipinski definition) is 1. The Morgan fingerprint density at radius 1 is 1.69 bits per heavy atom. The molecule has 1 amide bonds. The summed E-state index contributed by atoms with van der Waals surface area (Å²) in [7, 11) is 0. The lowest BCUT2D eigenvalue weighted by molar-refractivity contribution is 0.0941. The molecule has 0 fully saturated rings. The highest BCUT2D eigenvalue weighted by molar-refractivity contribution is 7.12. The minimum absolute atomic E-state index is 0.0115. The largest absolute Gasteiger partial charge is 0.347 e. The van der Waals surface area contributed by atoms with E-state index in [1.807, 2.05) is 35.2 Å². The van der Waals surface area contributed by atoms with Crippen LogP contribution in [0.5, 0.6) is 0 Å². The first-order chi connectivity index (χ1) is 7.75. The molecule has 2 aromatic heterocycles. The standard InChI is InChI=1S/C11H13N3OS/c1-9(7-14-5-4-12-8-14)13-11(15)10-3-2-6-16-10/h2-6,8-9H,7H2,1H3,(H,13,15)/t9-/m0/s1. The van der Waals surface area contributed by atoms with Gasteiger partial charge in [-0.05, 0) is 18.4 Å². The van der Waals surface area contributed by atoms with Crippen LogP contribution in [-0.2, 0) is 6.54 Å². The predicted octanol–water partition coefficient (Wildman–Crippen LogP) is 1.76. The summed E-state index contributed by atoms with van der Waals surface area (Å²) in [5, 5.41) is 4.84. The van der Waals surface area contributed by atoms with Crippen molar-refractivity contribution in [1.29, 1.82) is 0 Å². The van der Waals surface area contributed by atoms with Crippen LogP contribution in [0.1, 0.15) is 16.6 Å². The van der Waals surface area contributed by atoms with E-state index in [2.05, 4.69) is 10.3 Å². The number of imidazole rings is 1. The Balaban J connectivity index is 1.88. The molecule has 0 aliphatic carbocycles. The smallest absolute Gasteiger partial charge is 0.261 e. The zero-order chi connectivity index (χ0) is 11.4. The molecule has 0 spiro atoms. The van der Waals surface area contributed by atoms with Crippen LogP contribution in [0.3, 0.4) is 0 Å². The summed E-state index contributed by atoms with van der Waals surface area (Å²) in [6, 6.07) is 3.79. The van der Waals surface area contributed by atoms with E-state index in [1.54, 1.807) is 12.5 Å². The van der Waals surface area contributed by atoms with E-state index in [0.717, 1.165) is 11.4 Å². The number of rotatable bonds is 4. The summed E-state index contributed by atoms with van der Waals surface area (Å²) in [6.07, 6.45) is 5.36. The van der Waals surface area contributed by atoms with Crippen LogP contribution in [0.25, 0.3) is 0 Å².